The Morgan fingerprint density at radius 1 is 0.946 bits per heavy atom. The third kappa shape index (κ3) is 6.00. The molecule has 0 bridgehead atoms. The van der Waals surface area contributed by atoms with Crippen LogP contribution in [0.4, 0.5) is 30.7 Å². The Hall–Kier alpha value is -2.89. The van der Waals surface area contributed by atoms with Crippen molar-refractivity contribution in [2.24, 2.45) is 0 Å². The van der Waals surface area contributed by atoms with Crippen molar-refractivity contribution in [2.45, 2.75) is 32.0 Å². The van der Waals surface area contributed by atoms with E-state index in [2.05, 4.69) is 4.98 Å². The average Bonchev–Trinajstić information content (AvgIpc) is 3.31. The van der Waals surface area contributed by atoms with Crippen LogP contribution in [0.3, 0.4) is 0 Å². The number of aromatic nitrogens is 1. The number of benzene rings is 2. The number of pyridine rings is 1. The molecule has 0 radical (unpaired) electrons. The van der Waals surface area contributed by atoms with Crippen LogP contribution in [0.5, 0.6) is 5.88 Å². The maximum absolute atomic E-state index is 14.0. The predicted molar refractivity (Wildman–Crippen MR) is 111 cm³/mol. The molecule has 1 aliphatic carbocycles. The number of rotatable bonds is 6. The van der Waals surface area contributed by atoms with Crippen molar-refractivity contribution < 1.29 is 74.9 Å². The van der Waals surface area contributed by atoms with E-state index < -0.39 is 64.6 Å². The number of nitrogens with zero attached hydrogens (tertiary/aromatic N) is 1. The second-order valence-electron chi connectivity index (χ2n) is 7.98. The van der Waals surface area contributed by atoms with E-state index in [9.17, 15) is 40.6 Å². The van der Waals surface area contributed by atoms with Gasteiger partial charge in [-0.15, -0.1) is 0 Å². The zero-order valence-corrected chi connectivity index (χ0v) is 21.2. The molecule has 1 heterocycles. The van der Waals surface area contributed by atoms with Crippen molar-refractivity contribution in [3.05, 3.63) is 93.7 Å². The summed E-state index contributed by atoms with van der Waals surface area (Å²) in [6, 6.07) is 5.21. The van der Waals surface area contributed by atoms with Gasteiger partial charge in [-0.2, -0.15) is 13.2 Å². The number of halogens is 7. The number of aromatic carboxylic acids is 1. The van der Waals surface area contributed by atoms with Gasteiger partial charge in [0, 0.05) is 17.3 Å². The fourth-order valence-electron chi connectivity index (χ4n) is 4.01. The van der Waals surface area contributed by atoms with E-state index in [1.807, 2.05) is 0 Å². The number of ether oxygens (including phenoxy) is 1. The molecule has 4 rings (SSSR count). The second-order valence-corrected chi connectivity index (χ2v) is 7.98. The minimum atomic E-state index is -4.78. The molecular weight excluding hydrogens is 518 g/mol. The van der Waals surface area contributed by atoms with Crippen molar-refractivity contribution in [3.8, 4) is 5.88 Å². The van der Waals surface area contributed by atoms with Crippen molar-refractivity contribution in [1.82, 2.24) is 4.98 Å². The van der Waals surface area contributed by atoms with Crippen LogP contribution in [-0.4, -0.2) is 11.0 Å². The van der Waals surface area contributed by atoms with Gasteiger partial charge in [-0.25, -0.2) is 22.5 Å². The quantitative estimate of drug-likeness (QED) is 0.278. The van der Waals surface area contributed by atoms with Gasteiger partial charge < -0.3 is 14.6 Å². The summed E-state index contributed by atoms with van der Waals surface area (Å²) in [7, 11) is 0. The van der Waals surface area contributed by atoms with Gasteiger partial charge in [0.05, 0.1) is 17.1 Å². The number of allylic oxidation sites excluding steroid dienone is 2. The Kier molecular flexibility index (Phi) is 8.71. The normalized spacial score (nSPS) is 13.5. The van der Waals surface area contributed by atoms with Crippen LogP contribution in [0.1, 0.15) is 51.9 Å². The van der Waals surface area contributed by atoms with Crippen molar-refractivity contribution in [1.29, 1.82) is 0 Å². The third-order valence-corrected chi connectivity index (χ3v) is 5.75. The molecular formula is C25H15F7NNaO3. The summed E-state index contributed by atoms with van der Waals surface area (Å²) in [6.45, 7) is -0.866. The number of carbonyl (C=O) groups is 1. The predicted octanol–water partition coefficient (Wildman–Crippen LogP) is 2.70. The van der Waals surface area contributed by atoms with Crippen LogP contribution >= 0.6 is 0 Å². The SMILES string of the molecule is O=C([O-])c1cc(C2=C(c3cc(C(F)(F)F)cnc3OCc3c(F)ccc(F)c3F)CCC2)ccc1F.[Na+]. The minimum absolute atomic E-state index is 0. The van der Waals surface area contributed by atoms with E-state index >= 15 is 0 Å². The first-order valence-electron chi connectivity index (χ1n) is 10.5. The first-order valence-corrected chi connectivity index (χ1v) is 10.5. The number of carboxylic acid groups (broad SMARTS) is 1. The molecule has 0 fully saturated rings. The van der Waals surface area contributed by atoms with E-state index in [0.29, 0.717) is 42.3 Å². The van der Waals surface area contributed by atoms with Crippen molar-refractivity contribution in [3.63, 3.8) is 0 Å². The number of hydrogen-bond acceptors (Lipinski definition) is 4. The maximum atomic E-state index is 14.0. The molecule has 0 saturated heterocycles. The molecule has 1 aliphatic rings. The topological polar surface area (TPSA) is 62.2 Å². The molecule has 1 aromatic heterocycles. The van der Waals surface area contributed by atoms with Gasteiger partial charge in [-0.1, -0.05) is 6.07 Å². The van der Waals surface area contributed by atoms with E-state index in [1.165, 1.54) is 6.07 Å². The summed E-state index contributed by atoms with van der Waals surface area (Å²) in [5, 5.41) is 11.2. The summed E-state index contributed by atoms with van der Waals surface area (Å²) in [4.78, 5) is 14.9. The van der Waals surface area contributed by atoms with E-state index in [1.54, 1.807) is 0 Å². The second kappa shape index (κ2) is 11.2. The van der Waals surface area contributed by atoms with Gasteiger partial charge in [0.1, 0.15) is 18.2 Å². The van der Waals surface area contributed by atoms with Gasteiger partial charge in [0.15, 0.2) is 11.6 Å². The number of alkyl halides is 3. The molecule has 2 aromatic carbocycles. The van der Waals surface area contributed by atoms with Gasteiger partial charge in [0.2, 0.25) is 5.88 Å². The summed E-state index contributed by atoms with van der Waals surface area (Å²) < 4.78 is 101. The standard InChI is InChI=1S/C25H16F7NO3.Na/c26-19-5-4-12(8-17(19)24(34)35)14-2-1-3-15(14)16-9-13(25(30,31)32)10-33-23(16)36-11-18-20(27)6-7-21(28)22(18)29;/h4-10H,1-3,11H2,(H,34,35);/q;+1/p-1. The zero-order chi connectivity index (χ0) is 26.2. The van der Waals surface area contributed by atoms with E-state index in [0.717, 1.165) is 18.2 Å². The Morgan fingerprint density at radius 2 is 1.59 bits per heavy atom. The monoisotopic (exact) mass is 533 g/mol. The fraction of sp³-hybridized carbons (Fsp3) is 0.200. The molecule has 0 atom stereocenters. The third-order valence-electron chi connectivity index (χ3n) is 5.75. The van der Waals surface area contributed by atoms with Crippen LogP contribution in [0.2, 0.25) is 0 Å². The summed E-state index contributed by atoms with van der Waals surface area (Å²) in [5.41, 5.74) is -1.79. The fourth-order valence-corrected chi connectivity index (χ4v) is 4.01. The summed E-state index contributed by atoms with van der Waals surface area (Å²) >= 11 is 0. The Bertz CT molecular complexity index is 1390. The molecule has 188 valence electrons. The average molecular weight is 533 g/mol. The van der Waals surface area contributed by atoms with Crippen LogP contribution in [0.25, 0.3) is 11.1 Å². The molecule has 12 heteroatoms. The molecule has 0 spiro atoms. The van der Waals surface area contributed by atoms with Crippen molar-refractivity contribution >= 4 is 17.1 Å². The first kappa shape index (κ1) is 28.7. The van der Waals surface area contributed by atoms with Crippen LogP contribution < -0.4 is 39.4 Å². The molecule has 0 N–H and O–H groups in total. The molecule has 0 aliphatic heterocycles. The van der Waals surface area contributed by atoms with Gasteiger partial charge in [-0.3, -0.25) is 0 Å². The number of hydrogen-bond donors (Lipinski definition) is 0. The van der Waals surface area contributed by atoms with Gasteiger partial charge in [0.25, 0.3) is 0 Å². The molecule has 4 nitrogen and oxygen atoms in total. The van der Waals surface area contributed by atoms with Gasteiger partial charge >= 0.3 is 35.7 Å². The zero-order valence-electron chi connectivity index (χ0n) is 19.2. The number of carboxylic acids is 1. The smallest absolute Gasteiger partial charge is 0.545 e. The minimum Gasteiger partial charge on any atom is -0.545 e. The maximum Gasteiger partial charge on any atom is 1.00 e. The van der Waals surface area contributed by atoms with Gasteiger partial charge in [-0.05, 0) is 66.3 Å². The van der Waals surface area contributed by atoms with E-state index in [4.69, 9.17) is 4.74 Å². The van der Waals surface area contributed by atoms with Crippen LogP contribution in [0.15, 0.2) is 42.6 Å². The molecule has 0 unspecified atom stereocenters. The Morgan fingerprint density at radius 3 is 2.27 bits per heavy atom. The molecule has 37 heavy (non-hydrogen) atoms. The van der Waals surface area contributed by atoms with Crippen LogP contribution in [0, 0.1) is 23.3 Å². The Balaban J connectivity index is 0.00000380. The first-order chi connectivity index (χ1) is 17.0. The summed E-state index contributed by atoms with van der Waals surface area (Å²) in [6.07, 6.45) is -3.28. The molecule has 0 amide bonds. The molecule has 0 saturated carbocycles. The summed E-state index contributed by atoms with van der Waals surface area (Å²) in [5.74, 6) is -7.17. The largest absolute Gasteiger partial charge is 1.00 e. The Labute approximate surface area is 228 Å². The molecule has 3 aromatic rings. The van der Waals surface area contributed by atoms with E-state index in [-0.39, 0.29) is 47.1 Å². The number of carbonyl (C=O) groups excluding carboxylic acids is 1. The van der Waals surface area contributed by atoms with Crippen LogP contribution in [-0.2, 0) is 12.8 Å². The van der Waals surface area contributed by atoms with Crippen molar-refractivity contribution in [2.75, 3.05) is 0 Å².